The Morgan fingerprint density at radius 1 is 1.12 bits per heavy atom. The molecule has 1 N–H and O–H groups in total. The molecule has 0 radical (unpaired) electrons. The summed E-state index contributed by atoms with van der Waals surface area (Å²) < 4.78 is 11.1. The fourth-order valence-electron chi connectivity index (χ4n) is 4.46. The lowest BCUT2D eigenvalue weighted by atomic mass is 9.83. The molecule has 0 saturated carbocycles. The van der Waals surface area contributed by atoms with E-state index in [0.29, 0.717) is 39.6 Å². The zero-order valence-electron chi connectivity index (χ0n) is 18.0. The highest BCUT2D eigenvalue weighted by atomic mass is 35.5. The number of carbonyl (C=O) groups is 2. The minimum atomic E-state index is -0.811. The van der Waals surface area contributed by atoms with Gasteiger partial charge in [-0.1, -0.05) is 35.9 Å². The Bertz CT molecular complexity index is 1470. The second kappa shape index (κ2) is 8.00. The number of ketones is 1. The molecule has 34 heavy (non-hydrogen) atoms. The van der Waals surface area contributed by atoms with Gasteiger partial charge in [0.1, 0.15) is 11.5 Å². The Labute approximate surface area is 198 Å². The zero-order valence-corrected chi connectivity index (χ0v) is 18.8. The molecule has 2 aliphatic rings. The number of nitrogens with zero attached hydrogens (tertiary/aromatic N) is 1. The first-order chi connectivity index (χ1) is 16.3. The van der Waals surface area contributed by atoms with E-state index >= 15 is 0 Å². The summed E-state index contributed by atoms with van der Waals surface area (Å²) in [6, 6.07) is 14.6. The van der Waals surface area contributed by atoms with E-state index in [9.17, 15) is 19.7 Å². The molecule has 0 fully saturated rings. The highest BCUT2D eigenvalue weighted by Gasteiger charge is 2.44. The van der Waals surface area contributed by atoms with Crippen LogP contribution in [0.4, 0.5) is 5.69 Å². The van der Waals surface area contributed by atoms with Gasteiger partial charge in [0.2, 0.25) is 0 Å². The molecule has 0 amide bonds. The molecule has 0 spiro atoms. The van der Waals surface area contributed by atoms with Crippen LogP contribution in [-0.4, -0.2) is 23.8 Å². The highest BCUT2D eigenvalue weighted by molar-refractivity contribution is 6.33. The normalized spacial score (nSPS) is 16.8. The smallest absolute Gasteiger partial charge is 0.336 e. The van der Waals surface area contributed by atoms with E-state index in [1.807, 2.05) is 12.1 Å². The topological polar surface area (TPSA) is 112 Å². The number of carbonyl (C=O) groups excluding carboxylic acids is 2. The molecule has 1 aromatic heterocycles. The number of ether oxygens (including phenoxy) is 1. The molecule has 1 atom stereocenters. The van der Waals surface area contributed by atoms with E-state index in [1.165, 1.54) is 25.3 Å². The van der Waals surface area contributed by atoms with Crippen LogP contribution < -0.4 is 5.32 Å². The lowest BCUT2D eigenvalue weighted by molar-refractivity contribution is -0.384. The summed E-state index contributed by atoms with van der Waals surface area (Å²) in [6.45, 7) is 1.74. The average molecular weight is 477 g/mol. The van der Waals surface area contributed by atoms with Crippen LogP contribution in [0.5, 0.6) is 0 Å². The minimum absolute atomic E-state index is 0.143. The van der Waals surface area contributed by atoms with Gasteiger partial charge < -0.3 is 14.5 Å². The second-order valence-electron chi connectivity index (χ2n) is 7.87. The van der Waals surface area contributed by atoms with Crippen molar-refractivity contribution in [2.24, 2.45) is 0 Å². The zero-order chi connectivity index (χ0) is 24.1. The van der Waals surface area contributed by atoms with Crippen LogP contribution >= 0.6 is 11.6 Å². The molecule has 0 bridgehead atoms. The number of nitrogens with one attached hydrogen (secondary N) is 1. The van der Waals surface area contributed by atoms with Gasteiger partial charge in [-0.2, -0.15) is 0 Å². The monoisotopic (exact) mass is 476 g/mol. The Morgan fingerprint density at radius 3 is 2.53 bits per heavy atom. The number of rotatable bonds is 4. The fourth-order valence-corrected chi connectivity index (χ4v) is 4.73. The number of halogens is 1. The van der Waals surface area contributed by atoms with Gasteiger partial charge >= 0.3 is 5.97 Å². The van der Waals surface area contributed by atoms with Crippen LogP contribution in [-0.2, 0) is 9.53 Å². The van der Waals surface area contributed by atoms with Crippen LogP contribution in [0.25, 0.3) is 17.0 Å². The van der Waals surface area contributed by atoms with E-state index in [0.717, 1.165) is 5.56 Å². The van der Waals surface area contributed by atoms with Crippen LogP contribution in [0.2, 0.25) is 5.02 Å². The van der Waals surface area contributed by atoms with Gasteiger partial charge in [0.15, 0.2) is 5.78 Å². The van der Waals surface area contributed by atoms with Crippen molar-refractivity contribution in [2.75, 3.05) is 7.11 Å². The number of Topliss-reactive ketones (excluding diaryl/α,β-unsaturated/α-hetero) is 1. The van der Waals surface area contributed by atoms with Crippen molar-refractivity contribution in [1.82, 2.24) is 5.32 Å². The maximum Gasteiger partial charge on any atom is 0.336 e. The molecule has 5 rings (SSSR count). The molecule has 0 saturated heterocycles. The molecule has 170 valence electrons. The number of hydrogen-bond donors (Lipinski definition) is 1. The van der Waals surface area contributed by atoms with Gasteiger partial charge in [-0.15, -0.1) is 0 Å². The van der Waals surface area contributed by atoms with E-state index in [1.54, 1.807) is 31.2 Å². The Balaban J connectivity index is 1.65. The SMILES string of the molecule is COC(=O)C1=C(C)NC2=C(C(=O)c3ccccc32)[C@H]1c1ccc(-c2ccc([N+](=O)[O-])cc2Cl)o1. The van der Waals surface area contributed by atoms with Gasteiger partial charge in [-0.05, 0) is 25.1 Å². The van der Waals surface area contributed by atoms with Crippen LogP contribution in [0.15, 0.2) is 75.9 Å². The number of esters is 1. The Morgan fingerprint density at radius 2 is 1.85 bits per heavy atom. The molecule has 8 nitrogen and oxygen atoms in total. The number of nitro groups is 1. The molecular formula is C25H17ClN2O6. The predicted molar refractivity (Wildman–Crippen MR) is 124 cm³/mol. The third kappa shape index (κ3) is 3.22. The number of allylic oxidation sites excluding steroid dienone is 2. The van der Waals surface area contributed by atoms with Gasteiger partial charge in [-0.25, -0.2) is 4.79 Å². The summed E-state index contributed by atoms with van der Waals surface area (Å²) in [5.41, 5.74) is 3.42. The third-order valence-corrected chi connectivity index (χ3v) is 6.31. The summed E-state index contributed by atoms with van der Waals surface area (Å²) in [5, 5.41) is 14.4. The van der Waals surface area contributed by atoms with Crippen molar-refractivity contribution in [3.63, 3.8) is 0 Å². The first kappa shape index (κ1) is 21.7. The number of nitro benzene ring substituents is 1. The lowest BCUT2D eigenvalue weighted by Crippen LogP contribution is -2.28. The lowest BCUT2D eigenvalue weighted by Gasteiger charge is -2.27. The van der Waals surface area contributed by atoms with Crippen molar-refractivity contribution in [3.05, 3.63) is 103 Å². The molecule has 2 aromatic carbocycles. The van der Waals surface area contributed by atoms with E-state index in [-0.39, 0.29) is 22.1 Å². The summed E-state index contributed by atoms with van der Waals surface area (Å²) in [5.74, 6) is -0.908. The largest absolute Gasteiger partial charge is 0.466 e. The average Bonchev–Trinajstić information content (AvgIpc) is 3.41. The van der Waals surface area contributed by atoms with E-state index in [2.05, 4.69) is 5.32 Å². The van der Waals surface area contributed by atoms with Crippen LogP contribution in [0, 0.1) is 10.1 Å². The number of methoxy groups -OCH3 is 1. The molecule has 9 heteroatoms. The number of furan rings is 1. The fraction of sp³-hybridized carbons (Fsp3) is 0.120. The number of benzene rings is 2. The molecular weight excluding hydrogens is 460 g/mol. The second-order valence-corrected chi connectivity index (χ2v) is 8.28. The van der Waals surface area contributed by atoms with Gasteiger partial charge in [0, 0.05) is 40.1 Å². The minimum Gasteiger partial charge on any atom is -0.466 e. The van der Waals surface area contributed by atoms with Gasteiger partial charge in [0.05, 0.1) is 34.2 Å². The summed E-state index contributed by atoms with van der Waals surface area (Å²) in [6.07, 6.45) is 0. The number of fused-ring (bicyclic) bond motifs is 2. The Kier molecular flexibility index (Phi) is 5.10. The molecule has 1 aliphatic carbocycles. The molecule has 0 unspecified atom stereocenters. The van der Waals surface area contributed by atoms with Crippen LogP contribution in [0.1, 0.15) is 34.5 Å². The first-order valence-electron chi connectivity index (χ1n) is 10.3. The standard InChI is InChI=1S/C25H17ClN2O6/c1-12-20(25(30)33-2)21(22-23(27-12)14-5-3-4-6-15(14)24(22)29)19-10-9-18(34-19)16-8-7-13(28(31)32)11-17(16)26/h3-11,21,27H,1-2H3/t21-/m0/s1. The number of dihydropyridines is 1. The first-order valence-corrected chi connectivity index (χ1v) is 10.7. The van der Waals surface area contributed by atoms with Gasteiger partial charge in [-0.3, -0.25) is 14.9 Å². The Hall–Kier alpha value is -4.17. The molecule has 3 aromatic rings. The van der Waals surface area contributed by atoms with Crippen molar-refractivity contribution in [1.29, 1.82) is 0 Å². The van der Waals surface area contributed by atoms with Crippen LogP contribution in [0.3, 0.4) is 0 Å². The van der Waals surface area contributed by atoms with Crippen molar-refractivity contribution in [3.8, 4) is 11.3 Å². The number of hydrogen-bond acceptors (Lipinski definition) is 7. The maximum atomic E-state index is 13.4. The van der Waals surface area contributed by atoms with Crippen molar-refractivity contribution >= 4 is 34.7 Å². The third-order valence-electron chi connectivity index (χ3n) is 5.99. The highest BCUT2D eigenvalue weighted by Crippen LogP contribution is 2.47. The molecule has 2 heterocycles. The molecule has 1 aliphatic heterocycles. The van der Waals surface area contributed by atoms with Crippen molar-refractivity contribution < 1.29 is 23.7 Å². The quantitative estimate of drug-likeness (QED) is 0.311. The summed E-state index contributed by atoms with van der Waals surface area (Å²) >= 11 is 6.28. The predicted octanol–water partition coefficient (Wildman–Crippen LogP) is 5.25. The van der Waals surface area contributed by atoms with Crippen molar-refractivity contribution in [2.45, 2.75) is 12.8 Å². The maximum absolute atomic E-state index is 13.4. The van der Waals surface area contributed by atoms with E-state index < -0.39 is 16.8 Å². The summed E-state index contributed by atoms with van der Waals surface area (Å²) in [4.78, 5) is 36.7. The summed E-state index contributed by atoms with van der Waals surface area (Å²) in [7, 11) is 1.28. The van der Waals surface area contributed by atoms with Gasteiger partial charge in [0.25, 0.3) is 5.69 Å². The van der Waals surface area contributed by atoms with E-state index in [4.69, 9.17) is 20.8 Å². The number of non-ortho nitro benzene ring substituents is 1.